The fourth-order valence-corrected chi connectivity index (χ4v) is 5.31. The first-order chi connectivity index (χ1) is 19.2. The second kappa shape index (κ2) is 11.2. The van der Waals surface area contributed by atoms with Crippen LogP contribution < -0.4 is 4.74 Å². The molecule has 0 aromatic heterocycles. The van der Waals surface area contributed by atoms with Crippen LogP contribution in [0, 0.1) is 17.1 Å². The van der Waals surface area contributed by atoms with Crippen molar-refractivity contribution in [1.29, 1.82) is 5.26 Å². The standard InChI is InChI=1S/C34H30FN3O/c35-32-21-31-30-13-12-24(14-17-38-15-7-16-38)18-28(30)23-39-33(31)20-27(32)19-29(22-36)37-34(25-8-3-1-4-9-25)26-10-5-2-6-11-26/h1-6,8-13,18,20-21,29H,7,14-17,19,23H2. The van der Waals surface area contributed by atoms with Gasteiger partial charge in [0.15, 0.2) is 0 Å². The lowest BCUT2D eigenvalue weighted by molar-refractivity contribution is 0.184. The predicted octanol–water partition coefficient (Wildman–Crippen LogP) is 6.61. The summed E-state index contributed by atoms with van der Waals surface area (Å²) in [5.41, 5.74) is 7.13. The number of nitriles is 1. The molecule has 39 heavy (non-hydrogen) atoms. The normalized spacial score (nSPS) is 14.7. The molecule has 2 aliphatic rings. The minimum Gasteiger partial charge on any atom is -0.488 e. The highest BCUT2D eigenvalue weighted by Crippen LogP contribution is 2.39. The summed E-state index contributed by atoms with van der Waals surface area (Å²) in [6, 6.07) is 30.8. The van der Waals surface area contributed by atoms with Crippen molar-refractivity contribution < 1.29 is 9.13 Å². The molecule has 2 heterocycles. The molecule has 4 aromatic rings. The van der Waals surface area contributed by atoms with Crippen molar-refractivity contribution in [2.45, 2.75) is 31.9 Å². The molecular formula is C34H30FN3O. The van der Waals surface area contributed by atoms with E-state index in [0.29, 0.717) is 17.9 Å². The maximum absolute atomic E-state index is 15.5. The predicted molar refractivity (Wildman–Crippen MR) is 153 cm³/mol. The quantitative estimate of drug-likeness (QED) is 0.248. The number of halogens is 1. The second-order valence-corrected chi connectivity index (χ2v) is 10.2. The van der Waals surface area contributed by atoms with E-state index in [0.717, 1.165) is 46.5 Å². The zero-order valence-corrected chi connectivity index (χ0v) is 21.8. The molecule has 2 aliphatic heterocycles. The van der Waals surface area contributed by atoms with Crippen LogP contribution >= 0.6 is 0 Å². The van der Waals surface area contributed by atoms with E-state index in [1.165, 1.54) is 25.1 Å². The van der Waals surface area contributed by atoms with E-state index >= 15 is 4.39 Å². The number of hydrogen-bond acceptors (Lipinski definition) is 4. The Bertz CT molecular complexity index is 1500. The van der Waals surface area contributed by atoms with E-state index in [1.54, 1.807) is 12.1 Å². The summed E-state index contributed by atoms with van der Waals surface area (Å²) in [5.74, 6) is 0.308. The Balaban J connectivity index is 1.26. The lowest BCUT2D eigenvalue weighted by Gasteiger charge is -2.30. The molecule has 0 spiro atoms. The number of likely N-dealkylation sites (tertiary alicyclic amines) is 1. The van der Waals surface area contributed by atoms with Crippen molar-refractivity contribution in [3.05, 3.63) is 125 Å². The molecule has 194 valence electrons. The van der Waals surface area contributed by atoms with Crippen LogP contribution in [0.1, 0.15) is 34.2 Å². The van der Waals surface area contributed by atoms with Crippen molar-refractivity contribution in [3.8, 4) is 22.9 Å². The number of hydrogen-bond donors (Lipinski definition) is 0. The summed E-state index contributed by atoms with van der Waals surface area (Å²) in [7, 11) is 0. The second-order valence-electron chi connectivity index (χ2n) is 10.2. The number of rotatable bonds is 8. The SMILES string of the molecule is N#CC(Cc1cc2c(cc1F)-c1ccc(CCN3CCC3)cc1CO2)N=C(c1ccccc1)c1ccccc1. The molecule has 4 nitrogen and oxygen atoms in total. The highest BCUT2D eigenvalue weighted by atomic mass is 19.1. The van der Waals surface area contributed by atoms with Gasteiger partial charge < -0.3 is 9.64 Å². The molecule has 0 amide bonds. The molecule has 5 heteroatoms. The number of ether oxygens (including phenoxy) is 1. The van der Waals surface area contributed by atoms with Crippen molar-refractivity contribution >= 4 is 5.71 Å². The fourth-order valence-electron chi connectivity index (χ4n) is 5.31. The van der Waals surface area contributed by atoms with Crippen LogP contribution in [0.3, 0.4) is 0 Å². The van der Waals surface area contributed by atoms with Crippen LogP contribution in [0.4, 0.5) is 4.39 Å². The molecule has 0 saturated carbocycles. The molecule has 1 atom stereocenters. The monoisotopic (exact) mass is 515 g/mol. The molecule has 0 bridgehead atoms. The molecule has 1 saturated heterocycles. The van der Waals surface area contributed by atoms with Gasteiger partial charge in [-0.15, -0.1) is 0 Å². The zero-order valence-electron chi connectivity index (χ0n) is 21.8. The third-order valence-corrected chi connectivity index (χ3v) is 7.60. The summed E-state index contributed by atoms with van der Waals surface area (Å²) in [5, 5.41) is 10.00. The van der Waals surface area contributed by atoms with Crippen LogP contribution in [-0.2, 0) is 19.4 Å². The molecule has 0 radical (unpaired) electrons. The van der Waals surface area contributed by atoms with Gasteiger partial charge in [-0.1, -0.05) is 78.9 Å². The molecule has 4 aromatic carbocycles. The summed E-state index contributed by atoms with van der Waals surface area (Å²) < 4.78 is 21.6. The first-order valence-electron chi connectivity index (χ1n) is 13.6. The molecule has 6 rings (SSSR count). The lowest BCUT2D eigenvalue weighted by atomic mass is 9.92. The minimum absolute atomic E-state index is 0.157. The van der Waals surface area contributed by atoms with Crippen molar-refractivity contribution in [2.75, 3.05) is 19.6 Å². The van der Waals surface area contributed by atoms with Gasteiger partial charge in [0.25, 0.3) is 0 Å². The van der Waals surface area contributed by atoms with E-state index in [1.807, 2.05) is 60.7 Å². The van der Waals surface area contributed by atoms with Crippen molar-refractivity contribution in [3.63, 3.8) is 0 Å². The first-order valence-corrected chi connectivity index (χ1v) is 13.6. The Morgan fingerprint density at radius 1 is 0.923 bits per heavy atom. The van der Waals surface area contributed by atoms with Crippen LogP contribution in [0.15, 0.2) is 96.0 Å². The maximum atomic E-state index is 15.5. The van der Waals surface area contributed by atoms with Gasteiger partial charge in [0.1, 0.15) is 24.2 Å². The van der Waals surface area contributed by atoms with Gasteiger partial charge in [0, 0.05) is 29.7 Å². The van der Waals surface area contributed by atoms with Crippen molar-refractivity contribution in [1.82, 2.24) is 4.90 Å². The van der Waals surface area contributed by atoms with E-state index in [4.69, 9.17) is 9.73 Å². The third kappa shape index (κ3) is 5.48. The number of nitrogens with zero attached hydrogens (tertiary/aromatic N) is 3. The van der Waals surface area contributed by atoms with E-state index in [2.05, 4.69) is 29.2 Å². The third-order valence-electron chi connectivity index (χ3n) is 7.60. The van der Waals surface area contributed by atoms with E-state index < -0.39 is 6.04 Å². The number of benzene rings is 4. The average Bonchev–Trinajstić information content (AvgIpc) is 2.95. The largest absolute Gasteiger partial charge is 0.488 e. The average molecular weight is 516 g/mol. The first kappa shape index (κ1) is 25.0. The zero-order chi connectivity index (χ0) is 26.6. The Kier molecular flexibility index (Phi) is 7.21. The lowest BCUT2D eigenvalue weighted by Crippen LogP contribution is -2.38. The van der Waals surface area contributed by atoms with Crippen LogP contribution in [0.25, 0.3) is 11.1 Å². The molecule has 0 aliphatic carbocycles. The smallest absolute Gasteiger partial charge is 0.141 e. The number of fused-ring (bicyclic) bond motifs is 3. The number of aliphatic imine (C=N–C) groups is 1. The molecule has 1 unspecified atom stereocenters. The van der Waals surface area contributed by atoms with Crippen molar-refractivity contribution in [2.24, 2.45) is 4.99 Å². The Morgan fingerprint density at radius 3 is 2.28 bits per heavy atom. The Morgan fingerprint density at radius 2 is 1.64 bits per heavy atom. The Hall–Kier alpha value is -4.27. The highest BCUT2D eigenvalue weighted by Gasteiger charge is 2.23. The molecule has 0 N–H and O–H groups in total. The summed E-state index contributed by atoms with van der Waals surface area (Å²) in [6.07, 6.45) is 2.47. The van der Waals surface area contributed by atoms with Gasteiger partial charge in [-0.3, -0.25) is 4.99 Å². The van der Waals surface area contributed by atoms with Crippen LogP contribution in [-0.4, -0.2) is 36.3 Å². The topological polar surface area (TPSA) is 48.6 Å². The highest BCUT2D eigenvalue weighted by molar-refractivity contribution is 6.13. The van der Waals surface area contributed by atoms with Gasteiger partial charge >= 0.3 is 0 Å². The molecule has 1 fully saturated rings. The van der Waals surface area contributed by atoms with Crippen LogP contribution in [0.2, 0.25) is 0 Å². The fraction of sp³-hybridized carbons (Fsp3) is 0.235. The summed E-state index contributed by atoms with van der Waals surface area (Å²) >= 11 is 0. The van der Waals surface area contributed by atoms with Gasteiger partial charge in [0.05, 0.1) is 11.8 Å². The van der Waals surface area contributed by atoms with Gasteiger partial charge in [-0.25, -0.2) is 4.39 Å². The summed E-state index contributed by atoms with van der Waals surface area (Å²) in [4.78, 5) is 7.28. The Labute approximate surface area is 229 Å². The summed E-state index contributed by atoms with van der Waals surface area (Å²) in [6.45, 7) is 3.92. The van der Waals surface area contributed by atoms with E-state index in [9.17, 15) is 5.26 Å². The maximum Gasteiger partial charge on any atom is 0.141 e. The minimum atomic E-state index is -0.752. The van der Waals surface area contributed by atoms with Gasteiger partial charge in [-0.2, -0.15) is 5.26 Å². The van der Waals surface area contributed by atoms with Gasteiger partial charge in [-0.05, 0) is 60.3 Å². The van der Waals surface area contributed by atoms with E-state index in [-0.39, 0.29) is 12.2 Å². The molecular weight excluding hydrogens is 485 g/mol. The van der Waals surface area contributed by atoms with Gasteiger partial charge in [0.2, 0.25) is 0 Å². The van der Waals surface area contributed by atoms with Crippen LogP contribution in [0.5, 0.6) is 5.75 Å².